The van der Waals surface area contributed by atoms with E-state index in [1.54, 1.807) is 48.5 Å². The van der Waals surface area contributed by atoms with Gasteiger partial charge in [0.05, 0.1) is 12.2 Å². The van der Waals surface area contributed by atoms with Crippen LogP contribution in [0.15, 0.2) is 48.5 Å². The first-order valence-electron chi connectivity index (χ1n) is 9.12. The van der Waals surface area contributed by atoms with E-state index in [1.807, 2.05) is 13.8 Å². The molecule has 28 heavy (non-hydrogen) atoms. The van der Waals surface area contributed by atoms with E-state index in [4.69, 9.17) is 9.47 Å². The van der Waals surface area contributed by atoms with E-state index >= 15 is 0 Å². The highest BCUT2D eigenvalue weighted by atomic mass is 16.5. The fraction of sp³-hybridized carbons (Fsp3) is 0.318. The summed E-state index contributed by atoms with van der Waals surface area (Å²) in [6, 6.07) is 13.2. The Morgan fingerprint density at radius 2 is 1.64 bits per heavy atom. The Kier molecular flexibility index (Phi) is 7.32. The molecule has 0 saturated carbocycles. The zero-order valence-corrected chi connectivity index (χ0v) is 16.5. The summed E-state index contributed by atoms with van der Waals surface area (Å²) < 4.78 is 10.9. The van der Waals surface area contributed by atoms with Crippen molar-refractivity contribution < 1.29 is 23.9 Å². The zero-order valence-electron chi connectivity index (χ0n) is 16.5. The normalized spacial score (nSPS) is 11.6. The summed E-state index contributed by atoms with van der Waals surface area (Å²) in [5.41, 5.74) is 1.25. The molecule has 2 aromatic carbocycles. The molecule has 1 atom stereocenters. The van der Waals surface area contributed by atoms with Gasteiger partial charge in [-0.05, 0) is 50.1 Å². The van der Waals surface area contributed by atoms with Crippen molar-refractivity contribution in [3.8, 4) is 5.75 Å². The maximum atomic E-state index is 12.3. The van der Waals surface area contributed by atoms with Gasteiger partial charge in [0.25, 0.3) is 5.91 Å². The van der Waals surface area contributed by atoms with Crippen molar-refractivity contribution in [2.24, 2.45) is 5.92 Å². The van der Waals surface area contributed by atoms with Crippen LogP contribution in [0.2, 0.25) is 0 Å². The predicted octanol–water partition coefficient (Wildman–Crippen LogP) is 4.11. The van der Waals surface area contributed by atoms with Crippen LogP contribution in [0.4, 0.5) is 5.69 Å². The van der Waals surface area contributed by atoms with Gasteiger partial charge in [-0.1, -0.05) is 32.0 Å². The molecule has 0 aromatic heterocycles. The molecule has 148 valence electrons. The second-order valence-electron chi connectivity index (χ2n) is 6.91. The summed E-state index contributed by atoms with van der Waals surface area (Å²) in [6.45, 7) is 7.54. The van der Waals surface area contributed by atoms with Crippen molar-refractivity contribution in [2.75, 3.05) is 11.9 Å². The van der Waals surface area contributed by atoms with Crippen LogP contribution < -0.4 is 10.1 Å². The number of carbonyl (C=O) groups is 3. The van der Waals surface area contributed by atoms with Crippen LogP contribution in [0.5, 0.6) is 5.75 Å². The molecule has 0 spiro atoms. The molecule has 2 rings (SSSR count). The van der Waals surface area contributed by atoms with Crippen LogP contribution in [-0.4, -0.2) is 30.4 Å². The van der Waals surface area contributed by atoms with Gasteiger partial charge in [-0.15, -0.1) is 0 Å². The van der Waals surface area contributed by atoms with Crippen molar-refractivity contribution in [3.63, 3.8) is 0 Å². The average Bonchev–Trinajstić information content (AvgIpc) is 2.66. The number of anilines is 1. The second kappa shape index (κ2) is 9.69. The largest absolute Gasteiger partial charge is 0.493 e. The summed E-state index contributed by atoms with van der Waals surface area (Å²) >= 11 is 0. The highest BCUT2D eigenvalue weighted by Gasteiger charge is 2.19. The van der Waals surface area contributed by atoms with Crippen LogP contribution >= 0.6 is 0 Å². The molecule has 0 bridgehead atoms. The number of Topliss-reactive ketones (excluding diaryl/α,β-unsaturated/α-hetero) is 1. The lowest BCUT2D eigenvalue weighted by atomic mass is 10.1. The van der Waals surface area contributed by atoms with Crippen molar-refractivity contribution in [3.05, 3.63) is 59.7 Å². The number of benzene rings is 2. The van der Waals surface area contributed by atoms with Gasteiger partial charge in [0.2, 0.25) is 0 Å². The first-order valence-corrected chi connectivity index (χ1v) is 9.12. The fourth-order valence-corrected chi connectivity index (χ4v) is 2.32. The lowest BCUT2D eigenvalue weighted by molar-refractivity contribution is -0.123. The number of esters is 1. The Morgan fingerprint density at radius 1 is 0.964 bits per heavy atom. The van der Waals surface area contributed by atoms with Gasteiger partial charge in [0.1, 0.15) is 5.75 Å². The van der Waals surface area contributed by atoms with Crippen LogP contribution in [0.1, 0.15) is 48.4 Å². The number of amides is 1. The Morgan fingerprint density at radius 3 is 2.32 bits per heavy atom. The minimum absolute atomic E-state index is 0.102. The van der Waals surface area contributed by atoms with E-state index in [2.05, 4.69) is 5.32 Å². The lowest BCUT2D eigenvalue weighted by Gasteiger charge is -2.14. The number of hydrogen-bond donors (Lipinski definition) is 1. The van der Waals surface area contributed by atoms with E-state index in [0.29, 0.717) is 35.1 Å². The first kappa shape index (κ1) is 21.2. The van der Waals surface area contributed by atoms with Gasteiger partial charge in [0, 0.05) is 11.3 Å². The third kappa shape index (κ3) is 6.23. The van der Waals surface area contributed by atoms with E-state index in [-0.39, 0.29) is 5.78 Å². The fourth-order valence-electron chi connectivity index (χ4n) is 2.32. The summed E-state index contributed by atoms with van der Waals surface area (Å²) in [5.74, 6) is -0.270. The first-order chi connectivity index (χ1) is 13.3. The number of rotatable bonds is 8. The third-order valence-corrected chi connectivity index (χ3v) is 3.84. The zero-order chi connectivity index (χ0) is 20.7. The smallest absolute Gasteiger partial charge is 0.339 e. The van der Waals surface area contributed by atoms with Crippen LogP contribution in [0.3, 0.4) is 0 Å². The number of nitrogens with one attached hydrogen (secondary N) is 1. The predicted molar refractivity (Wildman–Crippen MR) is 107 cm³/mol. The quantitative estimate of drug-likeness (QED) is 0.548. The number of hydrogen-bond acceptors (Lipinski definition) is 5. The summed E-state index contributed by atoms with van der Waals surface area (Å²) in [7, 11) is 0. The molecular weight excluding hydrogens is 358 g/mol. The summed E-state index contributed by atoms with van der Waals surface area (Å²) in [4.78, 5) is 36.1. The maximum absolute atomic E-state index is 12.3. The lowest BCUT2D eigenvalue weighted by Crippen LogP contribution is -2.30. The number of ketones is 1. The van der Waals surface area contributed by atoms with Gasteiger partial charge in [-0.3, -0.25) is 9.59 Å². The SMILES string of the molecule is CC(=O)c1cccc(NC(=O)C(C)OC(=O)c2cccc(OCC(C)C)c2)c1. The van der Waals surface area contributed by atoms with Crippen molar-refractivity contribution >= 4 is 23.3 Å². The van der Waals surface area contributed by atoms with Gasteiger partial charge in [-0.2, -0.15) is 0 Å². The average molecular weight is 383 g/mol. The van der Waals surface area contributed by atoms with Gasteiger partial charge >= 0.3 is 5.97 Å². The molecule has 1 N–H and O–H groups in total. The van der Waals surface area contributed by atoms with Crippen molar-refractivity contribution in [1.29, 1.82) is 0 Å². The molecule has 0 saturated heterocycles. The van der Waals surface area contributed by atoms with E-state index < -0.39 is 18.0 Å². The topological polar surface area (TPSA) is 81.7 Å². The number of ether oxygens (including phenoxy) is 2. The Balaban J connectivity index is 1.98. The third-order valence-electron chi connectivity index (χ3n) is 3.84. The molecule has 6 heteroatoms. The monoisotopic (exact) mass is 383 g/mol. The molecule has 0 aliphatic rings. The second-order valence-corrected chi connectivity index (χ2v) is 6.91. The highest BCUT2D eigenvalue weighted by Crippen LogP contribution is 2.16. The Hall–Kier alpha value is -3.15. The molecule has 2 aromatic rings. The molecule has 0 aliphatic heterocycles. The minimum atomic E-state index is -1.01. The molecule has 0 heterocycles. The molecule has 0 fully saturated rings. The molecule has 0 aliphatic carbocycles. The molecule has 6 nitrogen and oxygen atoms in total. The van der Waals surface area contributed by atoms with Gasteiger partial charge < -0.3 is 14.8 Å². The minimum Gasteiger partial charge on any atom is -0.493 e. The molecule has 1 amide bonds. The van der Waals surface area contributed by atoms with Crippen LogP contribution in [0.25, 0.3) is 0 Å². The van der Waals surface area contributed by atoms with E-state index in [1.165, 1.54) is 13.8 Å². The van der Waals surface area contributed by atoms with Crippen LogP contribution in [0, 0.1) is 5.92 Å². The van der Waals surface area contributed by atoms with Crippen molar-refractivity contribution in [1.82, 2.24) is 0 Å². The molecule has 0 radical (unpaired) electrons. The summed E-state index contributed by atoms with van der Waals surface area (Å²) in [6.07, 6.45) is -1.01. The highest BCUT2D eigenvalue weighted by molar-refractivity contribution is 5.99. The summed E-state index contributed by atoms with van der Waals surface area (Å²) in [5, 5.41) is 2.64. The molecular formula is C22H25NO5. The maximum Gasteiger partial charge on any atom is 0.339 e. The van der Waals surface area contributed by atoms with E-state index in [9.17, 15) is 14.4 Å². The van der Waals surface area contributed by atoms with E-state index in [0.717, 1.165) is 0 Å². The van der Waals surface area contributed by atoms with Crippen molar-refractivity contribution in [2.45, 2.75) is 33.8 Å². The standard InChI is InChI=1S/C22H25NO5/c1-14(2)13-27-20-10-6-8-18(12-20)22(26)28-16(4)21(25)23-19-9-5-7-17(11-19)15(3)24/h5-12,14,16H,13H2,1-4H3,(H,23,25). The van der Waals surface area contributed by atoms with Gasteiger partial charge in [-0.25, -0.2) is 4.79 Å². The molecule has 1 unspecified atom stereocenters. The van der Waals surface area contributed by atoms with Gasteiger partial charge in [0.15, 0.2) is 11.9 Å². The Bertz CT molecular complexity index is 860. The van der Waals surface area contributed by atoms with Crippen LogP contribution in [-0.2, 0) is 9.53 Å². The number of carbonyl (C=O) groups excluding carboxylic acids is 3. The Labute approximate surface area is 164 Å².